The highest BCUT2D eigenvalue weighted by molar-refractivity contribution is 5.94. The minimum atomic E-state index is -0.965. The summed E-state index contributed by atoms with van der Waals surface area (Å²) in [5, 5.41) is 11.8. The van der Waals surface area contributed by atoms with Gasteiger partial charge in [0.2, 0.25) is 0 Å². The predicted octanol–water partition coefficient (Wildman–Crippen LogP) is 8.63. The van der Waals surface area contributed by atoms with Gasteiger partial charge in [0.15, 0.2) is 0 Å². The zero-order valence-electron chi connectivity index (χ0n) is 28.4. The van der Waals surface area contributed by atoms with Crippen LogP contribution in [0.1, 0.15) is 95.3 Å². The SMILES string of the molecule is CC1(CN)CCC1.CC1(CNC(=O)c2ccc(C#Cc3ccc(F)cc3)cc2)CCC1.Cl.O=C(O)c1ccc(C#Cc2ccc(F)cc2)cc1. The van der Waals surface area contributed by atoms with Crippen LogP contribution in [0.25, 0.3) is 0 Å². The molecule has 50 heavy (non-hydrogen) atoms. The first-order valence-electron chi connectivity index (χ1n) is 16.4. The number of halogens is 3. The summed E-state index contributed by atoms with van der Waals surface area (Å²) >= 11 is 0. The van der Waals surface area contributed by atoms with Gasteiger partial charge in [0.05, 0.1) is 5.56 Å². The molecule has 0 aliphatic heterocycles. The van der Waals surface area contributed by atoms with Gasteiger partial charge in [-0.2, -0.15) is 0 Å². The van der Waals surface area contributed by atoms with E-state index in [0.717, 1.165) is 24.2 Å². The zero-order valence-corrected chi connectivity index (χ0v) is 29.2. The minimum Gasteiger partial charge on any atom is -0.478 e. The summed E-state index contributed by atoms with van der Waals surface area (Å²) in [7, 11) is 0. The Bertz CT molecular complexity index is 1820. The summed E-state index contributed by atoms with van der Waals surface area (Å²) < 4.78 is 25.5. The number of benzene rings is 4. The number of hydrogen-bond donors (Lipinski definition) is 3. The number of nitrogens with one attached hydrogen (secondary N) is 1. The summed E-state index contributed by atoms with van der Waals surface area (Å²) in [4.78, 5) is 22.8. The number of aromatic carboxylic acids is 1. The van der Waals surface area contributed by atoms with Crippen molar-refractivity contribution in [3.8, 4) is 23.7 Å². The lowest BCUT2D eigenvalue weighted by Crippen LogP contribution is -2.39. The van der Waals surface area contributed by atoms with Crippen LogP contribution >= 0.6 is 12.4 Å². The van der Waals surface area contributed by atoms with Crippen LogP contribution < -0.4 is 11.1 Å². The third kappa shape index (κ3) is 12.5. The number of carboxylic acids is 1. The Morgan fingerprint density at radius 3 is 1.26 bits per heavy atom. The lowest BCUT2D eigenvalue weighted by Gasteiger charge is -2.38. The predicted molar refractivity (Wildman–Crippen MR) is 197 cm³/mol. The molecule has 2 aliphatic rings. The van der Waals surface area contributed by atoms with Gasteiger partial charge in [-0.15, -0.1) is 12.4 Å². The molecule has 0 unspecified atom stereocenters. The quantitative estimate of drug-likeness (QED) is 0.182. The van der Waals surface area contributed by atoms with Gasteiger partial charge in [-0.1, -0.05) is 50.4 Å². The Labute approximate surface area is 300 Å². The molecule has 1 amide bonds. The third-order valence-corrected chi connectivity index (χ3v) is 8.96. The molecule has 0 atom stereocenters. The Balaban J connectivity index is 0.000000228. The van der Waals surface area contributed by atoms with Gasteiger partial charge in [0.1, 0.15) is 11.6 Å². The van der Waals surface area contributed by atoms with Gasteiger partial charge in [0, 0.05) is 34.4 Å². The summed E-state index contributed by atoms with van der Waals surface area (Å²) in [6.45, 7) is 6.09. The van der Waals surface area contributed by atoms with Gasteiger partial charge < -0.3 is 16.2 Å². The summed E-state index contributed by atoms with van der Waals surface area (Å²) in [6, 6.07) is 25.4. The second kappa shape index (κ2) is 18.7. The molecule has 0 saturated heterocycles. The van der Waals surface area contributed by atoms with E-state index in [1.165, 1.54) is 74.9 Å². The van der Waals surface area contributed by atoms with E-state index in [-0.39, 0.29) is 40.9 Å². The van der Waals surface area contributed by atoms with Crippen molar-refractivity contribution in [2.75, 3.05) is 13.1 Å². The molecular formula is C42H43ClF2N2O3. The van der Waals surface area contributed by atoms with Crippen LogP contribution in [0.3, 0.4) is 0 Å². The summed E-state index contributed by atoms with van der Waals surface area (Å²) in [5.41, 5.74) is 10.1. The van der Waals surface area contributed by atoms with Crippen LogP contribution in [-0.4, -0.2) is 30.1 Å². The number of carbonyl (C=O) groups is 2. The van der Waals surface area contributed by atoms with E-state index in [9.17, 15) is 18.4 Å². The Morgan fingerprint density at radius 1 is 0.640 bits per heavy atom. The molecule has 0 aromatic heterocycles. The van der Waals surface area contributed by atoms with E-state index in [1.54, 1.807) is 48.5 Å². The Kier molecular flexibility index (Phi) is 14.8. The molecule has 0 radical (unpaired) electrons. The van der Waals surface area contributed by atoms with E-state index in [2.05, 4.69) is 42.8 Å². The molecule has 6 rings (SSSR count). The van der Waals surface area contributed by atoms with Crippen molar-refractivity contribution in [3.63, 3.8) is 0 Å². The van der Waals surface area contributed by atoms with Crippen molar-refractivity contribution in [2.45, 2.75) is 52.4 Å². The van der Waals surface area contributed by atoms with E-state index in [0.29, 0.717) is 22.1 Å². The average Bonchev–Trinajstić information content (AvgIpc) is 3.09. The van der Waals surface area contributed by atoms with Gasteiger partial charge in [-0.05, 0) is 140 Å². The zero-order chi connectivity index (χ0) is 35.3. The first kappa shape index (κ1) is 39.5. The number of nitrogens with two attached hydrogens (primary N) is 1. The number of carbonyl (C=O) groups excluding carboxylic acids is 1. The van der Waals surface area contributed by atoms with Crippen LogP contribution in [0, 0.1) is 46.1 Å². The smallest absolute Gasteiger partial charge is 0.335 e. The maximum Gasteiger partial charge on any atom is 0.335 e. The van der Waals surface area contributed by atoms with Crippen molar-refractivity contribution in [1.29, 1.82) is 0 Å². The normalized spacial score (nSPS) is 14.3. The van der Waals surface area contributed by atoms with Gasteiger partial charge in [0.25, 0.3) is 5.91 Å². The molecule has 2 aliphatic carbocycles. The van der Waals surface area contributed by atoms with Crippen LogP contribution in [0.15, 0.2) is 97.1 Å². The molecule has 8 heteroatoms. The van der Waals surface area contributed by atoms with E-state index < -0.39 is 5.97 Å². The fraction of sp³-hybridized carbons (Fsp3) is 0.286. The molecule has 2 fully saturated rings. The molecule has 0 bridgehead atoms. The van der Waals surface area contributed by atoms with Crippen LogP contribution in [-0.2, 0) is 0 Å². The van der Waals surface area contributed by atoms with Crippen molar-refractivity contribution in [2.24, 2.45) is 16.6 Å². The fourth-order valence-corrected chi connectivity index (χ4v) is 5.09. The van der Waals surface area contributed by atoms with Crippen LogP contribution in [0.5, 0.6) is 0 Å². The van der Waals surface area contributed by atoms with Crippen LogP contribution in [0.4, 0.5) is 8.78 Å². The van der Waals surface area contributed by atoms with Gasteiger partial charge in [-0.25, -0.2) is 13.6 Å². The highest BCUT2D eigenvalue weighted by Crippen LogP contribution is 2.39. The largest absolute Gasteiger partial charge is 0.478 e. The Morgan fingerprint density at radius 2 is 0.980 bits per heavy atom. The topological polar surface area (TPSA) is 92.4 Å². The van der Waals surface area contributed by atoms with Crippen molar-refractivity contribution in [1.82, 2.24) is 5.32 Å². The fourth-order valence-electron chi connectivity index (χ4n) is 5.09. The lowest BCUT2D eigenvalue weighted by atomic mass is 9.70. The molecule has 260 valence electrons. The van der Waals surface area contributed by atoms with Gasteiger partial charge in [-0.3, -0.25) is 4.79 Å². The third-order valence-electron chi connectivity index (χ3n) is 8.96. The average molecular weight is 697 g/mol. The monoisotopic (exact) mass is 696 g/mol. The molecule has 5 nitrogen and oxygen atoms in total. The first-order valence-corrected chi connectivity index (χ1v) is 16.4. The summed E-state index contributed by atoms with van der Waals surface area (Å²) in [5.74, 6) is 10.2. The van der Waals surface area contributed by atoms with Crippen molar-refractivity contribution >= 4 is 24.3 Å². The number of carboxylic acid groups (broad SMARTS) is 1. The summed E-state index contributed by atoms with van der Waals surface area (Å²) in [6.07, 6.45) is 7.73. The van der Waals surface area contributed by atoms with Gasteiger partial charge >= 0.3 is 5.97 Å². The molecular weight excluding hydrogens is 654 g/mol. The van der Waals surface area contributed by atoms with E-state index in [1.807, 2.05) is 12.1 Å². The van der Waals surface area contributed by atoms with Crippen molar-refractivity contribution < 1.29 is 23.5 Å². The highest BCUT2D eigenvalue weighted by Gasteiger charge is 2.32. The molecule has 4 N–H and O–H groups in total. The van der Waals surface area contributed by atoms with E-state index in [4.69, 9.17) is 10.8 Å². The number of hydrogen-bond acceptors (Lipinski definition) is 3. The number of amides is 1. The highest BCUT2D eigenvalue weighted by atomic mass is 35.5. The molecule has 2 saturated carbocycles. The second-order valence-corrected chi connectivity index (χ2v) is 13.2. The lowest BCUT2D eigenvalue weighted by molar-refractivity contribution is 0.0696. The first-order chi connectivity index (χ1) is 23.5. The standard InChI is InChI=1S/C21H20FNO.C15H9FO2.C6H13N.ClH/c1-21(13-2-14-21)15-23-20(24)18-9-5-16(6-10-18)3-4-17-7-11-19(22)12-8-17;16-14-9-5-12(6-10-14)2-1-11-3-7-13(8-4-11)15(17)18;1-6(5-7)3-2-4-6;/h5-12H,2,13-15H2,1H3,(H,23,24);3-10H,(H,17,18);2-5,7H2,1H3;1H. The van der Waals surface area contributed by atoms with Crippen LogP contribution in [0.2, 0.25) is 0 Å². The molecule has 4 aromatic rings. The maximum absolute atomic E-state index is 12.8. The van der Waals surface area contributed by atoms with Crippen molar-refractivity contribution in [3.05, 3.63) is 142 Å². The Hall–Kier alpha value is -4.95. The minimum absolute atomic E-state index is 0. The molecule has 0 spiro atoms. The van der Waals surface area contributed by atoms with E-state index >= 15 is 0 Å². The number of rotatable bonds is 5. The maximum atomic E-state index is 12.8. The second-order valence-electron chi connectivity index (χ2n) is 13.2. The molecule has 4 aromatic carbocycles. The molecule has 0 heterocycles.